The Hall–Kier alpha value is -0.910. The number of alkyl halides is 1. The summed E-state index contributed by atoms with van der Waals surface area (Å²) < 4.78 is 1.01. The molecular formula is C15H18INO2. The van der Waals surface area contributed by atoms with E-state index in [1.165, 1.54) is 0 Å². The number of amides is 2. The van der Waals surface area contributed by atoms with E-state index in [4.69, 9.17) is 0 Å². The third-order valence-corrected chi connectivity index (χ3v) is 4.64. The highest BCUT2D eigenvalue weighted by Gasteiger charge is 2.50. The van der Waals surface area contributed by atoms with Crippen LogP contribution in [0.3, 0.4) is 0 Å². The van der Waals surface area contributed by atoms with Crippen molar-refractivity contribution in [3.8, 4) is 0 Å². The van der Waals surface area contributed by atoms with E-state index in [1.807, 2.05) is 37.3 Å². The molecule has 3 nitrogen and oxygen atoms in total. The Bertz CT molecular complexity index is 474. The summed E-state index contributed by atoms with van der Waals surface area (Å²) in [6.45, 7) is 1.91. The molecule has 2 rings (SSSR count). The predicted octanol–water partition coefficient (Wildman–Crippen LogP) is 2.72. The van der Waals surface area contributed by atoms with Crippen LogP contribution >= 0.6 is 22.6 Å². The highest BCUT2D eigenvalue weighted by Crippen LogP contribution is 2.39. The lowest BCUT2D eigenvalue weighted by Gasteiger charge is -2.27. The van der Waals surface area contributed by atoms with Crippen LogP contribution in [0.4, 0.5) is 0 Å². The molecule has 4 heteroatoms. The Labute approximate surface area is 127 Å². The summed E-state index contributed by atoms with van der Waals surface area (Å²) in [5.41, 5.74) is 0.499. The number of hydrogen-bond acceptors (Lipinski definition) is 2. The summed E-state index contributed by atoms with van der Waals surface area (Å²) >= 11 is 2.31. The summed E-state index contributed by atoms with van der Waals surface area (Å²) in [5.74, 6) is -0.428. The van der Waals surface area contributed by atoms with Crippen molar-refractivity contribution in [1.29, 1.82) is 0 Å². The van der Waals surface area contributed by atoms with E-state index in [1.54, 1.807) is 0 Å². The third-order valence-electron chi connectivity index (χ3n) is 3.88. The van der Waals surface area contributed by atoms with Crippen molar-refractivity contribution in [3.63, 3.8) is 0 Å². The first-order valence-electron chi connectivity index (χ1n) is 6.53. The van der Waals surface area contributed by atoms with Crippen LogP contribution in [-0.4, -0.2) is 16.2 Å². The molecule has 0 radical (unpaired) electrons. The van der Waals surface area contributed by atoms with Crippen molar-refractivity contribution >= 4 is 34.4 Å². The van der Waals surface area contributed by atoms with Gasteiger partial charge in [0.05, 0.1) is 11.3 Å². The number of nitrogens with one attached hydrogen (secondary N) is 1. The Morgan fingerprint density at radius 2 is 1.95 bits per heavy atom. The van der Waals surface area contributed by atoms with Gasteiger partial charge in [-0.05, 0) is 36.2 Å². The molecular weight excluding hydrogens is 353 g/mol. The minimum absolute atomic E-state index is 0.103. The van der Waals surface area contributed by atoms with Gasteiger partial charge in [-0.2, -0.15) is 0 Å². The molecule has 1 heterocycles. The van der Waals surface area contributed by atoms with Crippen molar-refractivity contribution in [3.05, 3.63) is 35.9 Å². The summed E-state index contributed by atoms with van der Waals surface area (Å²) in [4.78, 5) is 24.1. The van der Waals surface area contributed by atoms with E-state index < -0.39 is 5.41 Å². The standard InChI is InChI=1S/C15H18INO2/c1-15(10-11-6-3-2-4-7-11)12(8-5-9-16)13(18)17-14(15)19/h2-4,6-7,12H,5,8-10H2,1H3,(H,17,18,19)/t12-,15+/m0/s1. The van der Waals surface area contributed by atoms with Crippen LogP contribution < -0.4 is 5.32 Å². The van der Waals surface area contributed by atoms with Gasteiger partial charge in [-0.25, -0.2) is 0 Å². The van der Waals surface area contributed by atoms with Crippen molar-refractivity contribution in [1.82, 2.24) is 5.32 Å². The van der Waals surface area contributed by atoms with Gasteiger partial charge in [-0.1, -0.05) is 52.9 Å². The second kappa shape index (κ2) is 6.03. The molecule has 0 bridgehead atoms. The van der Waals surface area contributed by atoms with Gasteiger partial charge < -0.3 is 0 Å². The van der Waals surface area contributed by atoms with Crippen molar-refractivity contribution in [2.24, 2.45) is 11.3 Å². The first-order valence-corrected chi connectivity index (χ1v) is 8.05. The molecule has 1 N–H and O–H groups in total. The molecule has 1 saturated heterocycles. The Morgan fingerprint density at radius 1 is 1.26 bits per heavy atom. The second-order valence-corrected chi connectivity index (χ2v) is 6.36. The zero-order valence-corrected chi connectivity index (χ0v) is 13.1. The minimum Gasteiger partial charge on any atom is -0.296 e. The van der Waals surface area contributed by atoms with Crippen LogP contribution in [0, 0.1) is 11.3 Å². The summed E-state index contributed by atoms with van der Waals surface area (Å²) in [6, 6.07) is 9.91. The fraction of sp³-hybridized carbons (Fsp3) is 0.467. The van der Waals surface area contributed by atoms with E-state index in [9.17, 15) is 9.59 Å². The van der Waals surface area contributed by atoms with Gasteiger partial charge in [0.2, 0.25) is 11.8 Å². The number of hydrogen-bond donors (Lipinski definition) is 1. The predicted molar refractivity (Wildman–Crippen MR) is 83.0 cm³/mol. The zero-order chi connectivity index (χ0) is 13.9. The second-order valence-electron chi connectivity index (χ2n) is 5.28. The van der Waals surface area contributed by atoms with E-state index in [2.05, 4.69) is 27.9 Å². The number of imide groups is 1. The number of benzene rings is 1. The number of halogens is 1. The average Bonchev–Trinajstić information content (AvgIpc) is 2.59. The summed E-state index contributed by atoms with van der Waals surface area (Å²) in [7, 11) is 0. The maximum atomic E-state index is 12.2. The molecule has 1 aromatic rings. The quantitative estimate of drug-likeness (QED) is 0.492. The highest BCUT2D eigenvalue weighted by molar-refractivity contribution is 14.1. The van der Waals surface area contributed by atoms with Crippen molar-refractivity contribution in [2.75, 3.05) is 4.43 Å². The van der Waals surface area contributed by atoms with Gasteiger partial charge in [0.1, 0.15) is 0 Å². The molecule has 1 aromatic carbocycles. The monoisotopic (exact) mass is 371 g/mol. The van der Waals surface area contributed by atoms with Gasteiger partial charge >= 0.3 is 0 Å². The van der Waals surface area contributed by atoms with Gasteiger partial charge in [0.25, 0.3) is 0 Å². The summed E-state index contributed by atoms with van der Waals surface area (Å²) in [6.07, 6.45) is 2.37. The molecule has 2 amide bonds. The number of carbonyl (C=O) groups excluding carboxylic acids is 2. The van der Waals surface area contributed by atoms with Gasteiger partial charge in [-0.15, -0.1) is 0 Å². The van der Waals surface area contributed by atoms with Crippen LogP contribution in [-0.2, 0) is 16.0 Å². The van der Waals surface area contributed by atoms with Gasteiger partial charge in [-0.3, -0.25) is 14.9 Å². The van der Waals surface area contributed by atoms with Gasteiger partial charge in [0.15, 0.2) is 0 Å². The van der Waals surface area contributed by atoms with E-state index in [0.717, 1.165) is 22.8 Å². The fourth-order valence-electron chi connectivity index (χ4n) is 2.74. The zero-order valence-electron chi connectivity index (χ0n) is 11.0. The molecule has 0 aliphatic carbocycles. The van der Waals surface area contributed by atoms with Crippen molar-refractivity contribution in [2.45, 2.75) is 26.2 Å². The van der Waals surface area contributed by atoms with Crippen molar-refractivity contribution < 1.29 is 9.59 Å². The molecule has 1 aliphatic rings. The molecule has 1 aliphatic heterocycles. The number of rotatable bonds is 5. The van der Waals surface area contributed by atoms with Crippen LogP contribution in [0.15, 0.2) is 30.3 Å². The van der Waals surface area contributed by atoms with E-state index in [-0.39, 0.29) is 17.7 Å². The first kappa shape index (κ1) is 14.5. The molecule has 0 unspecified atom stereocenters. The number of carbonyl (C=O) groups is 2. The maximum Gasteiger partial charge on any atom is 0.233 e. The lowest BCUT2D eigenvalue weighted by Crippen LogP contribution is -2.34. The van der Waals surface area contributed by atoms with Gasteiger partial charge in [0, 0.05) is 0 Å². The lowest BCUT2D eigenvalue weighted by atomic mass is 9.72. The Morgan fingerprint density at radius 3 is 2.58 bits per heavy atom. The molecule has 0 saturated carbocycles. The van der Waals surface area contributed by atoms with E-state index in [0.29, 0.717) is 6.42 Å². The minimum atomic E-state index is -0.607. The normalized spacial score (nSPS) is 26.5. The Balaban J connectivity index is 2.22. The topological polar surface area (TPSA) is 46.2 Å². The molecule has 0 spiro atoms. The summed E-state index contributed by atoms with van der Waals surface area (Å²) in [5, 5.41) is 2.51. The smallest absolute Gasteiger partial charge is 0.233 e. The third kappa shape index (κ3) is 2.99. The Kier molecular flexibility index (Phi) is 4.60. The molecule has 102 valence electrons. The average molecular weight is 371 g/mol. The molecule has 0 aromatic heterocycles. The molecule has 2 atom stereocenters. The van der Waals surface area contributed by atoms with Crippen LogP contribution in [0.5, 0.6) is 0 Å². The molecule has 19 heavy (non-hydrogen) atoms. The first-order chi connectivity index (χ1) is 9.08. The SMILES string of the molecule is C[C@]1(Cc2ccccc2)C(=O)NC(=O)[C@@H]1CCCI. The van der Waals surface area contributed by atoms with Crippen LogP contribution in [0.2, 0.25) is 0 Å². The maximum absolute atomic E-state index is 12.2. The molecule has 1 fully saturated rings. The van der Waals surface area contributed by atoms with E-state index >= 15 is 0 Å². The lowest BCUT2D eigenvalue weighted by molar-refractivity contribution is -0.128. The van der Waals surface area contributed by atoms with Crippen LogP contribution in [0.25, 0.3) is 0 Å². The fourth-order valence-corrected chi connectivity index (χ4v) is 3.18. The largest absolute Gasteiger partial charge is 0.296 e. The van der Waals surface area contributed by atoms with Crippen LogP contribution in [0.1, 0.15) is 25.3 Å². The highest BCUT2D eigenvalue weighted by atomic mass is 127.